The van der Waals surface area contributed by atoms with Gasteiger partial charge in [-0.2, -0.15) is 5.26 Å². The third-order valence-corrected chi connectivity index (χ3v) is 5.16. The summed E-state index contributed by atoms with van der Waals surface area (Å²) in [6.45, 7) is 0. The van der Waals surface area contributed by atoms with Gasteiger partial charge >= 0.3 is 0 Å². The topological polar surface area (TPSA) is 23.8 Å². The molecule has 14 heavy (non-hydrogen) atoms. The molecule has 1 unspecified atom stereocenters. The zero-order chi connectivity index (χ0) is 9.86. The summed E-state index contributed by atoms with van der Waals surface area (Å²) in [5.74, 6) is 2.06. The van der Waals surface area contributed by atoms with Crippen molar-refractivity contribution < 1.29 is 0 Å². The maximum atomic E-state index is 9.28. The van der Waals surface area contributed by atoms with Crippen LogP contribution in [0.15, 0.2) is 0 Å². The van der Waals surface area contributed by atoms with E-state index in [0.29, 0.717) is 0 Å². The lowest BCUT2D eigenvalue weighted by Crippen LogP contribution is -2.24. The van der Waals surface area contributed by atoms with E-state index in [4.69, 9.17) is 0 Å². The van der Waals surface area contributed by atoms with Gasteiger partial charge in [0.25, 0.3) is 0 Å². The molecule has 0 spiro atoms. The summed E-state index contributed by atoms with van der Waals surface area (Å²) in [6, 6.07) is 2.59. The Balaban J connectivity index is 1.90. The Bertz CT molecular complexity index is 219. The van der Waals surface area contributed by atoms with Crippen molar-refractivity contribution in [3.05, 3.63) is 0 Å². The van der Waals surface area contributed by atoms with Crippen LogP contribution in [0, 0.1) is 17.2 Å². The number of hydrogen-bond acceptors (Lipinski definition) is 2. The predicted octanol–water partition coefficient (Wildman–Crippen LogP) is 3.75. The Kier molecular flexibility index (Phi) is 3.38. The number of nitrogens with zero attached hydrogens (tertiary/aromatic N) is 1. The standard InChI is InChI=1S/C12H19NS/c13-10-12(7-4-8-14-12)9-11-5-2-1-3-6-11/h11H,1-9H2. The van der Waals surface area contributed by atoms with E-state index in [2.05, 4.69) is 6.07 Å². The van der Waals surface area contributed by atoms with E-state index in [1.807, 2.05) is 11.8 Å². The number of rotatable bonds is 2. The van der Waals surface area contributed by atoms with Crippen molar-refractivity contribution >= 4 is 11.8 Å². The van der Waals surface area contributed by atoms with Crippen LogP contribution in [0.2, 0.25) is 0 Å². The summed E-state index contributed by atoms with van der Waals surface area (Å²) in [6.07, 6.45) is 10.6. The van der Waals surface area contributed by atoms with Crippen LogP contribution in [0.3, 0.4) is 0 Å². The van der Waals surface area contributed by atoms with Crippen molar-refractivity contribution in [2.24, 2.45) is 5.92 Å². The minimum Gasteiger partial charge on any atom is -0.197 e. The summed E-state index contributed by atoms with van der Waals surface area (Å²) in [4.78, 5) is 0. The first-order valence-electron chi connectivity index (χ1n) is 5.90. The first-order valence-corrected chi connectivity index (χ1v) is 6.88. The molecule has 1 atom stereocenters. The highest BCUT2D eigenvalue weighted by Crippen LogP contribution is 2.44. The molecule has 2 aliphatic rings. The zero-order valence-electron chi connectivity index (χ0n) is 8.80. The van der Waals surface area contributed by atoms with E-state index in [-0.39, 0.29) is 4.75 Å². The molecule has 0 bridgehead atoms. The fourth-order valence-corrected chi connectivity index (χ4v) is 4.24. The SMILES string of the molecule is N#CC1(CC2CCCCC2)CCCS1. The Morgan fingerprint density at radius 2 is 2.00 bits per heavy atom. The molecular formula is C12H19NS. The number of hydrogen-bond donors (Lipinski definition) is 0. The van der Waals surface area contributed by atoms with Gasteiger partial charge in [0.1, 0.15) is 4.75 Å². The highest BCUT2D eigenvalue weighted by Gasteiger charge is 2.37. The number of thioether (sulfide) groups is 1. The highest BCUT2D eigenvalue weighted by atomic mass is 32.2. The van der Waals surface area contributed by atoms with Gasteiger partial charge in [0.05, 0.1) is 6.07 Å². The fourth-order valence-electron chi connectivity index (χ4n) is 2.85. The summed E-state index contributed by atoms with van der Waals surface area (Å²) in [5, 5.41) is 9.28. The molecule has 1 saturated carbocycles. The van der Waals surface area contributed by atoms with Crippen molar-refractivity contribution in [2.45, 2.75) is 56.1 Å². The van der Waals surface area contributed by atoms with Crippen LogP contribution in [-0.2, 0) is 0 Å². The molecule has 1 nitrogen and oxygen atoms in total. The molecule has 0 aromatic carbocycles. The molecule has 1 aliphatic carbocycles. The van der Waals surface area contributed by atoms with E-state index < -0.39 is 0 Å². The van der Waals surface area contributed by atoms with Crippen LogP contribution >= 0.6 is 11.8 Å². The number of nitriles is 1. The normalized spacial score (nSPS) is 34.2. The largest absolute Gasteiger partial charge is 0.197 e. The fraction of sp³-hybridized carbons (Fsp3) is 0.917. The lowest BCUT2D eigenvalue weighted by atomic mass is 9.82. The monoisotopic (exact) mass is 209 g/mol. The average Bonchev–Trinajstić information content (AvgIpc) is 2.69. The van der Waals surface area contributed by atoms with Gasteiger partial charge in [-0.1, -0.05) is 32.1 Å². The van der Waals surface area contributed by atoms with E-state index in [9.17, 15) is 5.26 Å². The first-order chi connectivity index (χ1) is 6.85. The zero-order valence-corrected chi connectivity index (χ0v) is 9.61. The molecule has 2 rings (SSSR count). The first kappa shape index (κ1) is 10.4. The molecule has 1 saturated heterocycles. The Morgan fingerprint density at radius 3 is 2.57 bits per heavy atom. The smallest absolute Gasteiger partial charge is 0.103 e. The van der Waals surface area contributed by atoms with Crippen LogP contribution < -0.4 is 0 Å². The van der Waals surface area contributed by atoms with E-state index in [1.54, 1.807) is 0 Å². The molecule has 0 aromatic heterocycles. The lowest BCUT2D eigenvalue weighted by Gasteiger charge is -2.28. The van der Waals surface area contributed by atoms with Crippen molar-refractivity contribution in [1.29, 1.82) is 5.26 Å². The van der Waals surface area contributed by atoms with Gasteiger partial charge < -0.3 is 0 Å². The third kappa shape index (κ3) is 2.25. The molecule has 1 heterocycles. The predicted molar refractivity (Wildman–Crippen MR) is 61.2 cm³/mol. The molecule has 2 heteroatoms. The minimum atomic E-state index is 0.0159. The average molecular weight is 209 g/mol. The molecule has 0 amide bonds. The maximum Gasteiger partial charge on any atom is 0.103 e. The van der Waals surface area contributed by atoms with Crippen molar-refractivity contribution in [2.75, 3.05) is 5.75 Å². The Morgan fingerprint density at radius 1 is 1.21 bits per heavy atom. The van der Waals surface area contributed by atoms with Crippen molar-refractivity contribution in [3.63, 3.8) is 0 Å². The van der Waals surface area contributed by atoms with Gasteiger partial charge in [-0.05, 0) is 30.9 Å². The molecule has 1 aliphatic heterocycles. The van der Waals surface area contributed by atoms with Gasteiger partial charge in [0.2, 0.25) is 0 Å². The van der Waals surface area contributed by atoms with E-state index in [1.165, 1.54) is 50.7 Å². The van der Waals surface area contributed by atoms with Gasteiger partial charge in [-0.15, -0.1) is 11.8 Å². The Hall–Kier alpha value is -0.160. The lowest BCUT2D eigenvalue weighted by molar-refractivity contribution is 0.319. The van der Waals surface area contributed by atoms with E-state index >= 15 is 0 Å². The third-order valence-electron chi connectivity index (χ3n) is 3.65. The van der Waals surface area contributed by atoms with Crippen LogP contribution in [0.4, 0.5) is 0 Å². The molecular weight excluding hydrogens is 190 g/mol. The summed E-state index contributed by atoms with van der Waals surface area (Å²) < 4.78 is 0.0159. The second-order valence-electron chi connectivity index (χ2n) is 4.77. The maximum absolute atomic E-state index is 9.28. The summed E-state index contributed by atoms with van der Waals surface area (Å²) >= 11 is 1.92. The second-order valence-corrected chi connectivity index (χ2v) is 6.24. The van der Waals surface area contributed by atoms with Crippen LogP contribution in [0.25, 0.3) is 0 Å². The van der Waals surface area contributed by atoms with Crippen LogP contribution in [0.1, 0.15) is 51.4 Å². The Labute approximate surface area is 91.3 Å². The second kappa shape index (κ2) is 4.57. The molecule has 0 N–H and O–H groups in total. The van der Waals surface area contributed by atoms with Gasteiger partial charge in [0, 0.05) is 0 Å². The van der Waals surface area contributed by atoms with Crippen molar-refractivity contribution in [1.82, 2.24) is 0 Å². The quantitative estimate of drug-likeness (QED) is 0.691. The molecule has 2 fully saturated rings. The van der Waals surface area contributed by atoms with Crippen LogP contribution in [0.5, 0.6) is 0 Å². The summed E-state index contributed by atoms with van der Waals surface area (Å²) in [7, 11) is 0. The van der Waals surface area contributed by atoms with Gasteiger partial charge in [-0.3, -0.25) is 0 Å². The van der Waals surface area contributed by atoms with Gasteiger partial charge in [-0.25, -0.2) is 0 Å². The minimum absolute atomic E-state index is 0.0159. The molecule has 0 radical (unpaired) electrons. The molecule has 0 aromatic rings. The van der Waals surface area contributed by atoms with Crippen LogP contribution in [-0.4, -0.2) is 10.5 Å². The molecule has 78 valence electrons. The van der Waals surface area contributed by atoms with Gasteiger partial charge in [0.15, 0.2) is 0 Å². The summed E-state index contributed by atoms with van der Waals surface area (Å²) in [5.41, 5.74) is 0. The van der Waals surface area contributed by atoms with E-state index in [0.717, 1.165) is 12.3 Å². The van der Waals surface area contributed by atoms with Crippen molar-refractivity contribution in [3.8, 4) is 6.07 Å². The highest BCUT2D eigenvalue weighted by molar-refractivity contribution is 8.01.